The number of para-hydroxylation sites is 3. The Labute approximate surface area is 189 Å². The first kappa shape index (κ1) is 21.6. The van der Waals surface area contributed by atoms with E-state index in [9.17, 15) is 9.59 Å². The highest BCUT2D eigenvalue weighted by Gasteiger charge is 2.18. The van der Waals surface area contributed by atoms with Crippen molar-refractivity contribution in [3.63, 3.8) is 0 Å². The number of hydrogen-bond acceptors (Lipinski definition) is 6. The van der Waals surface area contributed by atoms with Crippen molar-refractivity contribution in [2.45, 2.75) is 11.6 Å². The van der Waals surface area contributed by atoms with Crippen molar-refractivity contribution in [2.24, 2.45) is 14.1 Å². The summed E-state index contributed by atoms with van der Waals surface area (Å²) in [5, 5.41) is 12.6. The van der Waals surface area contributed by atoms with Crippen LogP contribution in [-0.4, -0.2) is 43.9 Å². The molecule has 0 aliphatic rings. The average Bonchev–Trinajstić information content (AvgIpc) is 3.32. The molecule has 32 heavy (non-hydrogen) atoms. The van der Waals surface area contributed by atoms with E-state index in [2.05, 4.69) is 15.5 Å². The molecule has 2 heterocycles. The first-order valence-electron chi connectivity index (χ1n) is 9.99. The van der Waals surface area contributed by atoms with Crippen molar-refractivity contribution in [1.29, 1.82) is 0 Å². The van der Waals surface area contributed by atoms with Gasteiger partial charge in [-0.05, 0) is 18.2 Å². The molecule has 0 radical (unpaired) electrons. The number of Topliss-reactive ketones (excluding diaryl/α,β-unsaturated/α-hetero) is 1. The Morgan fingerprint density at radius 2 is 1.81 bits per heavy atom. The lowest BCUT2D eigenvalue weighted by atomic mass is 10.1. The maximum atomic E-state index is 12.8. The summed E-state index contributed by atoms with van der Waals surface area (Å²) in [6.45, 7) is 0. The quantitative estimate of drug-likeness (QED) is 0.327. The Kier molecular flexibility index (Phi) is 6.27. The topological polar surface area (TPSA) is 91.0 Å². The SMILES string of the molecule is COc1ccccc1NC(=O)Cc1nnc(SCC(=O)c2cn(C)c3ccccc23)n1C. The van der Waals surface area contributed by atoms with Crippen LogP contribution in [0.25, 0.3) is 10.9 Å². The first-order valence-corrected chi connectivity index (χ1v) is 11.0. The molecule has 0 saturated carbocycles. The standard InChI is InChI=1S/C23H23N5O3S/c1-27-13-16(15-8-4-6-10-18(15)27)19(29)14-32-23-26-25-21(28(23)2)12-22(30)24-17-9-5-7-11-20(17)31-3/h4-11,13H,12,14H2,1-3H3,(H,24,30). The Bertz CT molecular complexity index is 1290. The van der Waals surface area contributed by atoms with Crippen molar-refractivity contribution >= 4 is 40.0 Å². The minimum absolute atomic E-state index is 0.0188. The molecule has 164 valence electrons. The third kappa shape index (κ3) is 4.38. The third-order valence-corrected chi connectivity index (χ3v) is 6.17. The van der Waals surface area contributed by atoms with E-state index in [1.165, 1.54) is 11.8 Å². The minimum Gasteiger partial charge on any atom is -0.495 e. The largest absolute Gasteiger partial charge is 0.495 e. The van der Waals surface area contributed by atoms with Crippen LogP contribution < -0.4 is 10.1 Å². The van der Waals surface area contributed by atoms with Crippen LogP contribution in [0.1, 0.15) is 16.2 Å². The molecule has 0 saturated heterocycles. The zero-order valence-electron chi connectivity index (χ0n) is 18.0. The summed E-state index contributed by atoms with van der Waals surface area (Å²) in [5.74, 6) is 1.12. The van der Waals surface area contributed by atoms with Gasteiger partial charge in [-0.25, -0.2) is 0 Å². The van der Waals surface area contributed by atoms with Crippen LogP contribution in [0.15, 0.2) is 59.9 Å². The lowest BCUT2D eigenvalue weighted by molar-refractivity contribution is -0.115. The molecule has 2 aromatic carbocycles. The number of hydrogen-bond donors (Lipinski definition) is 1. The molecule has 0 aliphatic carbocycles. The van der Waals surface area contributed by atoms with Gasteiger partial charge in [-0.3, -0.25) is 9.59 Å². The maximum Gasteiger partial charge on any atom is 0.232 e. The van der Waals surface area contributed by atoms with Crippen LogP contribution in [0.2, 0.25) is 0 Å². The molecule has 4 aromatic rings. The van der Waals surface area contributed by atoms with E-state index in [0.717, 1.165) is 10.9 Å². The second-order valence-corrected chi connectivity index (χ2v) is 8.21. The lowest BCUT2D eigenvalue weighted by Gasteiger charge is -2.09. The van der Waals surface area contributed by atoms with E-state index in [-0.39, 0.29) is 23.9 Å². The van der Waals surface area contributed by atoms with Gasteiger partial charge in [0.25, 0.3) is 0 Å². The number of carbonyl (C=O) groups excluding carboxylic acids is 2. The highest BCUT2D eigenvalue weighted by atomic mass is 32.2. The van der Waals surface area contributed by atoms with Crippen LogP contribution in [0.5, 0.6) is 5.75 Å². The molecule has 2 aromatic heterocycles. The number of nitrogens with one attached hydrogen (secondary N) is 1. The maximum absolute atomic E-state index is 12.8. The number of aryl methyl sites for hydroxylation is 1. The zero-order valence-corrected chi connectivity index (χ0v) is 18.8. The minimum atomic E-state index is -0.228. The molecular formula is C23H23N5O3S. The van der Waals surface area contributed by atoms with E-state index >= 15 is 0 Å². The molecule has 1 N–H and O–H groups in total. The predicted molar refractivity (Wildman–Crippen MR) is 124 cm³/mol. The average molecular weight is 450 g/mol. The summed E-state index contributed by atoms with van der Waals surface area (Å²) in [6.07, 6.45) is 1.91. The molecule has 0 fully saturated rings. The number of benzene rings is 2. The van der Waals surface area contributed by atoms with E-state index in [0.29, 0.717) is 28.0 Å². The van der Waals surface area contributed by atoms with Crippen molar-refractivity contribution in [3.8, 4) is 5.75 Å². The molecule has 0 unspecified atom stereocenters. The predicted octanol–water partition coefficient (Wildman–Crippen LogP) is 3.47. The van der Waals surface area contributed by atoms with E-state index in [1.807, 2.05) is 54.2 Å². The van der Waals surface area contributed by atoms with Gasteiger partial charge in [0.05, 0.1) is 25.0 Å². The van der Waals surface area contributed by atoms with Gasteiger partial charge in [0.15, 0.2) is 10.9 Å². The fraction of sp³-hybridized carbons (Fsp3) is 0.217. The second-order valence-electron chi connectivity index (χ2n) is 7.27. The van der Waals surface area contributed by atoms with Crippen molar-refractivity contribution in [2.75, 3.05) is 18.2 Å². The zero-order chi connectivity index (χ0) is 22.7. The van der Waals surface area contributed by atoms with Crippen LogP contribution >= 0.6 is 11.8 Å². The highest BCUT2D eigenvalue weighted by molar-refractivity contribution is 7.99. The molecule has 9 heteroatoms. The second kappa shape index (κ2) is 9.27. The molecule has 0 atom stereocenters. The highest BCUT2D eigenvalue weighted by Crippen LogP contribution is 2.25. The fourth-order valence-electron chi connectivity index (χ4n) is 3.48. The Hall–Kier alpha value is -3.59. The van der Waals surface area contributed by atoms with E-state index in [4.69, 9.17) is 4.74 Å². The van der Waals surface area contributed by atoms with Gasteiger partial charge in [-0.15, -0.1) is 10.2 Å². The Balaban J connectivity index is 1.40. The number of aromatic nitrogens is 4. The molecular weight excluding hydrogens is 426 g/mol. The van der Waals surface area contributed by atoms with Gasteiger partial charge < -0.3 is 19.2 Å². The number of amides is 1. The summed E-state index contributed by atoms with van der Waals surface area (Å²) >= 11 is 1.30. The van der Waals surface area contributed by atoms with Gasteiger partial charge in [0.1, 0.15) is 11.6 Å². The summed E-state index contributed by atoms with van der Waals surface area (Å²) < 4.78 is 8.95. The molecule has 8 nitrogen and oxygen atoms in total. The first-order chi connectivity index (χ1) is 15.5. The van der Waals surface area contributed by atoms with Crippen LogP contribution in [0.3, 0.4) is 0 Å². The lowest BCUT2D eigenvalue weighted by Crippen LogP contribution is -2.17. The smallest absolute Gasteiger partial charge is 0.232 e. The fourth-order valence-corrected chi connectivity index (χ4v) is 4.30. The summed E-state index contributed by atoms with van der Waals surface area (Å²) in [6, 6.07) is 15.0. The number of carbonyl (C=O) groups is 2. The summed E-state index contributed by atoms with van der Waals surface area (Å²) in [5.41, 5.74) is 2.30. The number of methoxy groups -OCH3 is 1. The van der Waals surface area contributed by atoms with Gasteiger partial charge >= 0.3 is 0 Å². The number of anilines is 1. The monoisotopic (exact) mass is 449 g/mol. The van der Waals surface area contributed by atoms with Crippen LogP contribution in [0, 0.1) is 0 Å². The molecule has 0 aliphatic heterocycles. The number of thioether (sulfide) groups is 1. The van der Waals surface area contributed by atoms with Gasteiger partial charge in [0, 0.05) is 36.8 Å². The van der Waals surface area contributed by atoms with Crippen molar-refractivity contribution in [3.05, 3.63) is 66.1 Å². The Morgan fingerprint density at radius 3 is 2.62 bits per heavy atom. The summed E-state index contributed by atoms with van der Waals surface area (Å²) in [4.78, 5) is 25.3. The summed E-state index contributed by atoms with van der Waals surface area (Å²) in [7, 11) is 5.27. The van der Waals surface area contributed by atoms with Crippen molar-refractivity contribution < 1.29 is 14.3 Å². The molecule has 1 amide bonds. The number of rotatable bonds is 8. The molecule has 0 bridgehead atoms. The molecule has 4 rings (SSSR count). The number of fused-ring (bicyclic) bond motifs is 1. The number of ketones is 1. The van der Waals surface area contributed by atoms with E-state index in [1.54, 1.807) is 30.9 Å². The van der Waals surface area contributed by atoms with Gasteiger partial charge in [-0.2, -0.15) is 0 Å². The van der Waals surface area contributed by atoms with Gasteiger partial charge in [0.2, 0.25) is 5.91 Å². The van der Waals surface area contributed by atoms with Gasteiger partial charge in [-0.1, -0.05) is 42.1 Å². The van der Waals surface area contributed by atoms with Crippen molar-refractivity contribution in [1.82, 2.24) is 19.3 Å². The third-order valence-electron chi connectivity index (χ3n) is 5.15. The van der Waals surface area contributed by atoms with E-state index < -0.39 is 0 Å². The van der Waals surface area contributed by atoms with Crippen LogP contribution in [0.4, 0.5) is 5.69 Å². The van der Waals surface area contributed by atoms with Crippen LogP contribution in [-0.2, 0) is 25.3 Å². The Morgan fingerprint density at radius 1 is 1.06 bits per heavy atom. The number of nitrogens with zero attached hydrogens (tertiary/aromatic N) is 4. The number of ether oxygens (including phenoxy) is 1. The normalized spacial score (nSPS) is 11.0. The molecule has 0 spiro atoms.